The maximum Gasteiger partial charge on any atom is 0.0899 e. The monoisotopic (exact) mass is 228 g/mol. The largest absolute Gasteiger partial charge is 0.271 e. The van der Waals surface area contributed by atoms with Crippen LogP contribution < -0.4 is 11.3 Å². The van der Waals surface area contributed by atoms with Crippen LogP contribution in [-0.4, -0.2) is 9.97 Å². The Morgan fingerprint density at radius 3 is 2.76 bits per heavy atom. The van der Waals surface area contributed by atoms with Gasteiger partial charge < -0.3 is 0 Å². The maximum atomic E-state index is 5.64. The third kappa shape index (κ3) is 2.49. The average Bonchev–Trinajstić information content (AvgIpc) is 2.41. The molecule has 0 bridgehead atoms. The van der Waals surface area contributed by atoms with Crippen LogP contribution in [0.2, 0.25) is 0 Å². The van der Waals surface area contributed by atoms with Gasteiger partial charge >= 0.3 is 0 Å². The highest BCUT2D eigenvalue weighted by molar-refractivity contribution is 5.31. The number of nitrogens with one attached hydrogen (secondary N) is 1. The Hall–Kier alpha value is -1.78. The Morgan fingerprint density at radius 2 is 2.12 bits per heavy atom. The molecule has 0 aliphatic rings. The fourth-order valence-electron chi connectivity index (χ4n) is 1.89. The molecule has 2 aromatic rings. The lowest BCUT2D eigenvalue weighted by molar-refractivity contribution is 0.612. The fraction of sp³-hybridized carbons (Fsp3) is 0.231. The molecular weight excluding hydrogens is 212 g/mol. The van der Waals surface area contributed by atoms with Gasteiger partial charge in [0.1, 0.15) is 0 Å². The minimum absolute atomic E-state index is 0.111. The first-order valence-corrected chi connectivity index (χ1v) is 5.66. The summed E-state index contributed by atoms with van der Waals surface area (Å²) < 4.78 is 0. The summed E-state index contributed by atoms with van der Waals surface area (Å²) in [4.78, 5) is 8.54. The number of hydrogen-bond donors (Lipinski definition) is 2. The van der Waals surface area contributed by atoms with Gasteiger partial charge in [-0.1, -0.05) is 19.1 Å². The molecule has 17 heavy (non-hydrogen) atoms. The molecule has 0 aliphatic heterocycles. The molecule has 0 amide bonds. The van der Waals surface area contributed by atoms with Crippen LogP contribution >= 0.6 is 0 Å². The van der Waals surface area contributed by atoms with Gasteiger partial charge in [0.2, 0.25) is 0 Å². The number of aryl methyl sites for hydroxylation is 1. The van der Waals surface area contributed by atoms with Crippen LogP contribution in [0.4, 0.5) is 0 Å². The molecule has 1 atom stereocenters. The maximum absolute atomic E-state index is 5.64. The van der Waals surface area contributed by atoms with Crippen molar-refractivity contribution in [3.8, 4) is 0 Å². The second-order valence-corrected chi connectivity index (χ2v) is 3.79. The molecule has 4 heteroatoms. The highest BCUT2D eigenvalue weighted by atomic mass is 15.2. The van der Waals surface area contributed by atoms with Crippen LogP contribution in [0.25, 0.3) is 0 Å². The molecule has 0 aliphatic carbocycles. The molecule has 1 unspecified atom stereocenters. The van der Waals surface area contributed by atoms with Gasteiger partial charge in [0.25, 0.3) is 0 Å². The van der Waals surface area contributed by atoms with Crippen LogP contribution in [0.1, 0.15) is 29.8 Å². The third-order valence-electron chi connectivity index (χ3n) is 2.76. The fourth-order valence-corrected chi connectivity index (χ4v) is 1.89. The van der Waals surface area contributed by atoms with Gasteiger partial charge in [0, 0.05) is 18.6 Å². The van der Waals surface area contributed by atoms with Gasteiger partial charge in [-0.3, -0.25) is 15.8 Å². The molecule has 3 N–H and O–H groups in total. The average molecular weight is 228 g/mol. The molecule has 4 nitrogen and oxygen atoms in total. The first-order chi connectivity index (χ1) is 8.36. The van der Waals surface area contributed by atoms with Crippen molar-refractivity contribution in [1.82, 2.24) is 15.4 Å². The summed E-state index contributed by atoms with van der Waals surface area (Å²) in [5.41, 5.74) is 5.98. The van der Waals surface area contributed by atoms with E-state index < -0.39 is 0 Å². The number of nitrogens with two attached hydrogens (primary N) is 1. The van der Waals surface area contributed by atoms with Gasteiger partial charge in [-0.2, -0.15) is 0 Å². The molecule has 88 valence electrons. The highest BCUT2D eigenvalue weighted by Gasteiger charge is 2.16. The Morgan fingerprint density at radius 1 is 1.29 bits per heavy atom. The number of hydrogen-bond acceptors (Lipinski definition) is 4. The number of aromatic nitrogens is 2. The molecular formula is C13H16N4. The third-order valence-corrected chi connectivity index (χ3v) is 2.76. The molecule has 2 aromatic heterocycles. The van der Waals surface area contributed by atoms with E-state index in [4.69, 9.17) is 5.84 Å². The van der Waals surface area contributed by atoms with E-state index in [1.807, 2.05) is 18.2 Å². The number of pyridine rings is 2. The van der Waals surface area contributed by atoms with E-state index in [9.17, 15) is 0 Å². The molecule has 2 heterocycles. The summed E-state index contributed by atoms with van der Waals surface area (Å²) in [6.07, 6.45) is 6.27. The molecule has 0 saturated carbocycles. The predicted molar refractivity (Wildman–Crippen MR) is 67.0 cm³/mol. The lowest BCUT2D eigenvalue weighted by Crippen LogP contribution is -2.30. The van der Waals surface area contributed by atoms with E-state index in [-0.39, 0.29) is 6.04 Å². The van der Waals surface area contributed by atoms with E-state index in [1.165, 1.54) is 5.56 Å². The topological polar surface area (TPSA) is 63.8 Å². The molecule has 0 fully saturated rings. The lowest BCUT2D eigenvalue weighted by atomic mass is 10.0. The van der Waals surface area contributed by atoms with Crippen molar-refractivity contribution in [2.45, 2.75) is 19.4 Å². The summed E-state index contributed by atoms with van der Waals surface area (Å²) >= 11 is 0. The number of hydrazine groups is 1. The van der Waals surface area contributed by atoms with Gasteiger partial charge in [-0.15, -0.1) is 0 Å². The molecule has 2 rings (SSSR count). The second-order valence-electron chi connectivity index (χ2n) is 3.79. The zero-order valence-corrected chi connectivity index (χ0v) is 9.80. The van der Waals surface area contributed by atoms with Crippen molar-refractivity contribution >= 4 is 0 Å². The van der Waals surface area contributed by atoms with Crippen molar-refractivity contribution < 1.29 is 0 Å². The summed E-state index contributed by atoms with van der Waals surface area (Å²) in [6.45, 7) is 2.11. The van der Waals surface area contributed by atoms with Crippen molar-refractivity contribution in [2.24, 2.45) is 5.84 Å². The minimum Gasteiger partial charge on any atom is -0.271 e. The zero-order valence-electron chi connectivity index (χ0n) is 9.80. The van der Waals surface area contributed by atoms with Gasteiger partial charge in [-0.05, 0) is 29.7 Å². The van der Waals surface area contributed by atoms with E-state index in [1.54, 1.807) is 18.6 Å². The quantitative estimate of drug-likeness (QED) is 0.616. The summed E-state index contributed by atoms with van der Waals surface area (Å²) in [7, 11) is 0. The van der Waals surface area contributed by atoms with Crippen molar-refractivity contribution in [3.63, 3.8) is 0 Å². The van der Waals surface area contributed by atoms with E-state index >= 15 is 0 Å². The SMILES string of the molecule is CCc1cccnc1C(NN)c1cccnc1. The van der Waals surface area contributed by atoms with Crippen LogP contribution in [0.5, 0.6) is 0 Å². The predicted octanol–water partition coefficient (Wildman–Crippen LogP) is 1.59. The Bertz CT molecular complexity index is 470. The van der Waals surface area contributed by atoms with Crippen LogP contribution in [0.3, 0.4) is 0 Å². The van der Waals surface area contributed by atoms with Gasteiger partial charge in [0.15, 0.2) is 0 Å². The van der Waals surface area contributed by atoms with Crippen molar-refractivity contribution in [2.75, 3.05) is 0 Å². The number of nitrogens with zero attached hydrogens (tertiary/aromatic N) is 2. The van der Waals surface area contributed by atoms with E-state index in [0.29, 0.717) is 0 Å². The lowest BCUT2D eigenvalue weighted by Gasteiger charge is -2.18. The van der Waals surface area contributed by atoms with Gasteiger partial charge in [0.05, 0.1) is 11.7 Å². The summed E-state index contributed by atoms with van der Waals surface area (Å²) in [5, 5.41) is 0. The van der Waals surface area contributed by atoms with E-state index in [0.717, 1.165) is 17.7 Å². The van der Waals surface area contributed by atoms with Crippen molar-refractivity contribution in [3.05, 3.63) is 59.7 Å². The minimum atomic E-state index is -0.111. The zero-order chi connectivity index (χ0) is 12.1. The molecule has 0 saturated heterocycles. The Balaban J connectivity index is 2.42. The van der Waals surface area contributed by atoms with Crippen LogP contribution in [0, 0.1) is 0 Å². The molecule has 0 spiro atoms. The standard InChI is InChI=1S/C13H16N4/c1-2-10-5-4-8-16-12(10)13(17-14)11-6-3-7-15-9-11/h3-9,13,17H,2,14H2,1H3. The second kappa shape index (κ2) is 5.52. The Kier molecular flexibility index (Phi) is 3.80. The first kappa shape index (κ1) is 11.7. The molecule has 0 aromatic carbocycles. The van der Waals surface area contributed by atoms with Crippen LogP contribution in [-0.2, 0) is 6.42 Å². The smallest absolute Gasteiger partial charge is 0.0899 e. The van der Waals surface area contributed by atoms with Gasteiger partial charge in [-0.25, -0.2) is 5.43 Å². The van der Waals surface area contributed by atoms with E-state index in [2.05, 4.69) is 28.4 Å². The summed E-state index contributed by atoms with van der Waals surface area (Å²) in [5.74, 6) is 5.64. The molecule has 0 radical (unpaired) electrons. The van der Waals surface area contributed by atoms with Crippen LogP contribution in [0.15, 0.2) is 42.9 Å². The highest BCUT2D eigenvalue weighted by Crippen LogP contribution is 2.21. The first-order valence-electron chi connectivity index (χ1n) is 5.66. The van der Waals surface area contributed by atoms with Crippen molar-refractivity contribution in [1.29, 1.82) is 0 Å². The summed E-state index contributed by atoms with van der Waals surface area (Å²) in [6, 6.07) is 7.79. The number of rotatable bonds is 4. The normalized spacial score (nSPS) is 12.4. The Labute approximate surface area is 101 Å².